The number of fused-ring (bicyclic) bond motifs is 6. The predicted molar refractivity (Wildman–Crippen MR) is 250 cm³/mol. The highest BCUT2D eigenvalue weighted by atomic mass is 16.3. The van der Waals surface area contributed by atoms with Gasteiger partial charge >= 0.3 is 0 Å². The van der Waals surface area contributed by atoms with Gasteiger partial charge in [0.1, 0.15) is 46.1 Å². The van der Waals surface area contributed by atoms with Crippen molar-refractivity contribution >= 4 is 61.9 Å². The average molecular weight is 823 g/mol. The molecule has 304 valence electrons. The second-order valence-electron chi connectivity index (χ2n) is 14.7. The smallest absolute Gasteiger partial charge is 0.169 e. The Kier molecular flexibility index (Phi) is 10.1. The van der Waals surface area contributed by atoms with E-state index in [1.165, 1.54) is 17.5 Å². The molecule has 0 saturated carbocycles. The van der Waals surface area contributed by atoms with Gasteiger partial charge in [0.05, 0.1) is 12.0 Å². The zero-order chi connectivity index (χ0) is 42.9. The van der Waals surface area contributed by atoms with Gasteiger partial charge in [-0.2, -0.15) is 0 Å². The molecule has 0 spiro atoms. The molecule has 0 atom stereocenters. The first-order valence-corrected chi connectivity index (χ1v) is 20.2. The molecule has 0 aliphatic rings. The van der Waals surface area contributed by atoms with Crippen LogP contribution in [-0.2, 0) is 6.42 Å². The van der Waals surface area contributed by atoms with Crippen LogP contribution in [0, 0.1) is 10.8 Å². The minimum absolute atomic E-state index is 0.0791. The van der Waals surface area contributed by atoms with E-state index in [4.69, 9.17) is 14.2 Å². The van der Waals surface area contributed by atoms with Gasteiger partial charge in [-0.1, -0.05) is 36.4 Å². The number of nitrogens with one attached hydrogen (secondary N) is 2. The topological polar surface area (TPSA) is 173 Å². The van der Waals surface area contributed by atoms with Gasteiger partial charge in [0.25, 0.3) is 0 Å². The Morgan fingerprint density at radius 2 is 1.19 bits per heavy atom. The monoisotopic (exact) mass is 822 g/mol. The zero-order valence-corrected chi connectivity index (χ0v) is 34.0. The molecule has 6 aromatic heterocycles. The molecule has 11 rings (SSSR count). The number of hydrogen-bond donors (Lipinski definition) is 3. The van der Waals surface area contributed by atoms with Gasteiger partial charge in [-0.3, -0.25) is 25.3 Å². The summed E-state index contributed by atoms with van der Waals surface area (Å²) in [6.45, 7) is 0. The molecular formula is C51H38N10O2. The third kappa shape index (κ3) is 7.26. The fraction of sp³-hybridized carbons (Fsp3) is 0.0392. The Labute approximate surface area is 361 Å². The summed E-state index contributed by atoms with van der Waals surface area (Å²) in [5.74, 6) is 1.76. The van der Waals surface area contributed by atoms with Crippen molar-refractivity contribution in [3.63, 3.8) is 0 Å². The highest BCUT2D eigenvalue weighted by Crippen LogP contribution is 2.37. The molecule has 0 radical (unpaired) electrons. The van der Waals surface area contributed by atoms with Crippen molar-refractivity contribution in [3.05, 3.63) is 187 Å². The maximum atomic E-state index is 9.33. The summed E-state index contributed by atoms with van der Waals surface area (Å²) in [5.41, 5.74) is 15.1. The fourth-order valence-corrected chi connectivity index (χ4v) is 8.01. The van der Waals surface area contributed by atoms with E-state index in [0.717, 1.165) is 90.1 Å². The highest BCUT2D eigenvalue weighted by Gasteiger charge is 2.20. The molecule has 63 heavy (non-hydrogen) atoms. The molecule has 12 heteroatoms. The zero-order valence-electron chi connectivity index (χ0n) is 34.0. The number of nitrogens with two attached hydrogens (primary N) is 1. The lowest BCUT2D eigenvalue weighted by molar-refractivity contribution is 0.668. The first kappa shape index (κ1) is 38.6. The van der Waals surface area contributed by atoms with Gasteiger partial charge in [0, 0.05) is 56.8 Å². The number of nitrogens with zero attached hydrogens (tertiary/aromatic N) is 7. The standard InChI is InChI=1S/C50H33N9O2.CH5N/c51-29-58(47-8-2-5-19-54-47)49(52)36-24-35(25-37(26-36)50-57-56-30-59(50)48-9-3-6-20-55-48)33-12-16-45-40(27-33)38-22-31(10-14-43(38)60-45)21-32-11-15-44-39(23-32)41-28-34(13-17-46(41)61-44)42-7-1-4-18-53-42;1-2/h1-20,22-30,51-52H,21H2;2H2,1H3. The van der Waals surface area contributed by atoms with Gasteiger partial charge < -0.3 is 14.6 Å². The summed E-state index contributed by atoms with van der Waals surface area (Å²) in [6.07, 6.45) is 8.63. The van der Waals surface area contributed by atoms with Crippen LogP contribution >= 0.6 is 0 Å². The van der Waals surface area contributed by atoms with Crippen molar-refractivity contribution in [2.45, 2.75) is 6.42 Å². The van der Waals surface area contributed by atoms with E-state index in [2.05, 4.69) is 79.4 Å². The van der Waals surface area contributed by atoms with Crippen molar-refractivity contribution in [2.75, 3.05) is 11.9 Å². The van der Waals surface area contributed by atoms with Crippen LogP contribution in [0.5, 0.6) is 0 Å². The van der Waals surface area contributed by atoms with Crippen molar-refractivity contribution in [2.24, 2.45) is 5.73 Å². The Hall–Kier alpha value is -8.61. The van der Waals surface area contributed by atoms with Gasteiger partial charge in [-0.15, -0.1) is 10.2 Å². The first-order chi connectivity index (χ1) is 31.1. The molecule has 6 heterocycles. The second kappa shape index (κ2) is 16.4. The Bertz CT molecular complexity index is 3450. The molecule has 0 aliphatic heterocycles. The Balaban J connectivity index is 0.00000232. The number of pyridine rings is 3. The number of amidine groups is 1. The number of furan rings is 2. The quantitative estimate of drug-likeness (QED) is 0.0946. The number of rotatable bonds is 9. The van der Waals surface area contributed by atoms with E-state index in [-0.39, 0.29) is 5.84 Å². The number of anilines is 1. The number of aromatic nitrogens is 6. The summed E-state index contributed by atoms with van der Waals surface area (Å²) in [4.78, 5) is 14.9. The third-order valence-corrected chi connectivity index (χ3v) is 10.9. The van der Waals surface area contributed by atoms with Crippen LogP contribution in [0.2, 0.25) is 0 Å². The van der Waals surface area contributed by atoms with Gasteiger partial charge in [-0.25, -0.2) is 9.97 Å². The maximum Gasteiger partial charge on any atom is 0.169 e. The van der Waals surface area contributed by atoms with E-state index in [9.17, 15) is 5.41 Å². The lowest BCUT2D eigenvalue weighted by atomic mass is 9.96. The first-order valence-electron chi connectivity index (χ1n) is 20.2. The molecule has 0 amide bonds. The summed E-state index contributed by atoms with van der Waals surface area (Å²) >= 11 is 0. The lowest BCUT2D eigenvalue weighted by Gasteiger charge is -2.20. The van der Waals surface area contributed by atoms with Crippen LogP contribution in [-0.4, -0.2) is 48.9 Å². The summed E-state index contributed by atoms with van der Waals surface area (Å²) < 4.78 is 14.4. The van der Waals surface area contributed by atoms with Crippen molar-refractivity contribution < 1.29 is 8.83 Å². The van der Waals surface area contributed by atoms with Crippen LogP contribution < -0.4 is 10.6 Å². The van der Waals surface area contributed by atoms with E-state index >= 15 is 0 Å². The van der Waals surface area contributed by atoms with Crippen LogP contribution in [0.3, 0.4) is 0 Å². The Morgan fingerprint density at radius 1 is 0.603 bits per heavy atom. The van der Waals surface area contributed by atoms with Crippen LogP contribution in [0.15, 0.2) is 179 Å². The van der Waals surface area contributed by atoms with Crippen LogP contribution in [0.4, 0.5) is 5.82 Å². The number of benzene rings is 5. The van der Waals surface area contributed by atoms with E-state index in [1.54, 1.807) is 30.9 Å². The van der Waals surface area contributed by atoms with Crippen molar-refractivity contribution in [3.8, 4) is 39.6 Å². The lowest BCUT2D eigenvalue weighted by Crippen LogP contribution is -2.30. The van der Waals surface area contributed by atoms with E-state index in [1.807, 2.05) is 95.7 Å². The third-order valence-electron chi connectivity index (χ3n) is 10.9. The average Bonchev–Trinajstić information content (AvgIpc) is 4.09. The molecule has 4 N–H and O–H groups in total. The minimum Gasteiger partial charge on any atom is -0.456 e. The summed E-state index contributed by atoms with van der Waals surface area (Å²) in [5, 5.41) is 30.4. The molecule has 11 aromatic rings. The van der Waals surface area contributed by atoms with Gasteiger partial charge in [0.15, 0.2) is 5.82 Å². The second-order valence-corrected chi connectivity index (χ2v) is 14.7. The molecule has 0 saturated heterocycles. The minimum atomic E-state index is 0.0791. The van der Waals surface area contributed by atoms with Gasteiger partial charge in [0.2, 0.25) is 0 Å². The fourth-order valence-electron chi connectivity index (χ4n) is 8.01. The van der Waals surface area contributed by atoms with E-state index < -0.39 is 0 Å². The van der Waals surface area contributed by atoms with Crippen molar-refractivity contribution in [1.82, 2.24) is 29.7 Å². The SMILES string of the molecule is CN.N=CN(C(=N)c1cc(-c2ccc3oc4ccc(Cc5ccc6oc7ccc(-c8ccccn8)cc7c6c5)cc4c3c2)cc(-c2nncn2-c2ccccn2)c1)c1ccccn1. The summed E-state index contributed by atoms with van der Waals surface area (Å²) in [7, 11) is 1.50. The Morgan fingerprint density at radius 3 is 1.81 bits per heavy atom. The molecule has 0 unspecified atom stereocenters. The van der Waals surface area contributed by atoms with Crippen molar-refractivity contribution in [1.29, 1.82) is 10.8 Å². The number of hydrogen-bond acceptors (Lipinski definition) is 10. The van der Waals surface area contributed by atoms with Gasteiger partial charge in [-0.05, 0) is 145 Å². The largest absolute Gasteiger partial charge is 0.456 e. The molecule has 12 nitrogen and oxygen atoms in total. The van der Waals surface area contributed by atoms with Crippen LogP contribution in [0.25, 0.3) is 83.5 Å². The maximum absolute atomic E-state index is 9.33. The molecule has 5 aromatic carbocycles. The van der Waals surface area contributed by atoms with E-state index in [0.29, 0.717) is 23.0 Å². The molecule has 0 aliphatic carbocycles. The highest BCUT2D eigenvalue weighted by molar-refractivity contribution is 6.17. The predicted octanol–water partition coefficient (Wildman–Crippen LogP) is 10.9. The van der Waals surface area contributed by atoms with Crippen LogP contribution in [0.1, 0.15) is 16.7 Å². The normalized spacial score (nSPS) is 11.2. The molecular weight excluding hydrogens is 785 g/mol. The molecule has 0 fully saturated rings. The molecule has 0 bridgehead atoms. The summed E-state index contributed by atoms with van der Waals surface area (Å²) in [6, 6.07) is 48.1.